The third-order valence-electron chi connectivity index (χ3n) is 2.70. The highest BCUT2D eigenvalue weighted by molar-refractivity contribution is 5.62. The fraction of sp³-hybridized carbons (Fsp3) is 0.545. The molecule has 1 saturated heterocycles. The van der Waals surface area contributed by atoms with Crippen LogP contribution in [-0.2, 0) is 4.74 Å². The first kappa shape index (κ1) is 10.2. The average Bonchev–Trinajstić information content (AvgIpc) is 2.23. The van der Waals surface area contributed by atoms with Gasteiger partial charge in [-0.05, 0) is 26.0 Å². The van der Waals surface area contributed by atoms with Crippen molar-refractivity contribution in [2.45, 2.75) is 26.0 Å². The summed E-state index contributed by atoms with van der Waals surface area (Å²) in [6.07, 6.45) is 2.01. The summed E-state index contributed by atoms with van der Waals surface area (Å²) < 4.78 is 5.57. The van der Waals surface area contributed by atoms with Crippen LogP contribution in [0.2, 0.25) is 0 Å². The van der Waals surface area contributed by atoms with E-state index >= 15 is 0 Å². The van der Waals surface area contributed by atoms with Crippen molar-refractivity contribution in [1.82, 2.24) is 4.98 Å². The zero-order valence-corrected chi connectivity index (χ0v) is 9.18. The Labute approximate surface area is 90.0 Å². The standard InChI is InChI=1S/C11H17N3O/c1-8-7-15-9(2)6-14(8)11-10(12)4-3-5-13-11/h3-5,8-9H,6-7,12H2,1-2H3. The molecule has 1 aromatic heterocycles. The molecule has 2 heterocycles. The van der Waals surface area contributed by atoms with Gasteiger partial charge < -0.3 is 15.4 Å². The molecule has 1 aliphatic rings. The van der Waals surface area contributed by atoms with Crippen LogP contribution in [0.15, 0.2) is 18.3 Å². The molecular formula is C11H17N3O. The SMILES string of the molecule is CC1CN(c2ncccc2N)C(C)CO1. The normalized spacial score (nSPS) is 26.7. The molecule has 2 N–H and O–H groups in total. The van der Waals surface area contributed by atoms with Gasteiger partial charge in [0, 0.05) is 12.7 Å². The molecule has 2 atom stereocenters. The first-order chi connectivity index (χ1) is 7.18. The summed E-state index contributed by atoms with van der Waals surface area (Å²) in [5.41, 5.74) is 6.65. The van der Waals surface area contributed by atoms with E-state index in [4.69, 9.17) is 10.5 Å². The molecule has 15 heavy (non-hydrogen) atoms. The van der Waals surface area contributed by atoms with Gasteiger partial charge in [-0.15, -0.1) is 0 Å². The van der Waals surface area contributed by atoms with E-state index < -0.39 is 0 Å². The Bertz CT molecular complexity index is 342. The molecule has 1 fully saturated rings. The van der Waals surface area contributed by atoms with Crippen LogP contribution in [0.4, 0.5) is 11.5 Å². The minimum atomic E-state index is 0.239. The van der Waals surface area contributed by atoms with E-state index in [2.05, 4.69) is 23.7 Å². The van der Waals surface area contributed by atoms with Crippen molar-refractivity contribution in [2.24, 2.45) is 0 Å². The number of nitrogen functional groups attached to an aromatic ring is 1. The molecule has 0 radical (unpaired) electrons. The van der Waals surface area contributed by atoms with Gasteiger partial charge in [0.2, 0.25) is 0 Å². The van der Waals surface area contributed by atoms with E-state index in [1.165, 1.54) is 0 Å². The summed E-state index contributed by atoms with van der Waals surface area (Å²) >= 11 is 0. The van der Waals surface area contributed by atoms with Crippen LogP contribution in [0.1, 0.15) is 13.8 Å². The van der Waals surface area contributed by atoms with Crippen LogP contribution in [0.25, 0.3) is 0 Å². The minimum Gasteiger partial charge on any atom is -0.396 e. The smallest absolute Gasteiger partial charge is 0.152 e. The molecule has 0 aliphatic carbocycles. The quantitative estimate of drug-likeness (QED) is 0.753. The summed E-state index contributed by atoms with van der Waals surface area (Å²) in [5, 5.41) is 0. The lowest BCUT2D eigenvalue weighted by Crippen LogP contribution is -2.48. The van der Waals surface area contributed by atoms with Crippen LogP contribution in [-0.4, -0.2) is 30.3 Å². The van der Waals surface area contributed by atoms with E-state index in [1.807, 2.05) is 12.1 Å². The average molecular weight is 207 g/mol. The summed E-state index contributed by atoms with van der Waals surface area (Å²) in [6, 6.07) is 4.07. The van der Waals surface area contributed by atoms with Gasteiger partial charge in [0.05, 0.1) is 24.4 Å². The number of hydrogen-bond donors (Lipinski definition) is 1. The third kappa shape index (κ3) is 2.04. The van der Waals surface area contributed by atoms with Crippen molar-refractivity contribution >= 4 is 11.5 Å². The Morgan fingerprint density at radius 1 is 1.53 bits per heavy atom. The van der Waals surface area contributed by atoms with Gasteiger partial charge in [-0.2, -0.15) is 0 Å². The Balaban J connectivity index is 2.25. The molecule has 4 nitrogen and oxygen atoms in total. The number of rotatable bonds is 1. The minimum absolute atomic E-state index is 0.239. The van der Waals surface area contributed by atoms with Gasteiger partial charge in [0.25, 0.3) is 0 Å². The van der Waals surface area contributed by atoms with Crippen molar-refractivity contribution in [3.05, 3.63) is 18.3 Å². The first-order valence-corrected chi connectivity index (χ1v) is 5.27. The number of aromatic nitrogens is 1. The second kappa shape index (κ2) is 4.06. The molecule has 0 bridgehead atoms. The van der Waals surface area contributed by atoms with Crippen LogP contribution >= 0.6 is 0 Å². The molecule has 0 amide bonds. The van der Waals surface area contributed by atoms with Crippen molar-refractivity contribution in [3.63, 3.8) is 0 Å². The highest BCUT2D eigenvalue weighted by Gasteiger charge is 2.25. The van der Waals surface area contributed by atoms with E-state index in [9.17, 15) is 0 Å². The monoisotopic (exact) mass is 207 g/mol. The van der Waals surface area contributed by atoms with Crippen molar-refractivity contribution in [1.29, 1.82) is 0 Å². The summed E-state index contributed by atoms with van der Waals surface area (Å²) in [4.78, 5) is 6.54. The number of ether oxygens (including phenoxy) is 1. The Kier molecular flexibility index (Phi) is 2.77. The van der Waals surface area contributed by atoms with Gasteiger partial charge in [0.1, 0.15) is 0 Å². The fourth-order valence-electron chi connectivity index (χ4n) is 1.85. The highest BCUT2D eigenvalue weighted by atomic mass is 16.5. The van der Waals surface area contributed by atoms with Crippen LogP contribution < -0.4 is 10.6 Å². The molecule has 2 rings (SSSR count). The Hall–Kier alpha value is -1.29. The maximum atomic E-state index is 5.91. The van der Waals surface area contributed by atoms with Gasteiger partial charge in [0.15, 0.2) is 5.82 Å². The molecular weight excluding hydrogens is 190 g/mol. The number of morpholine rings is 1. The maximum absolute atomic E-state index is 5.91. The van der Waals surface area contributed by atoms with Crippen molar-refractivity contribution < 1.29 is 4.74 Å². The van der Waals surface area contributed by atoms with Crippen molar-refractivity contribution in [2.75, 3.05) is 23.8 Å². The zero-order valence-electron chi connectivity index (χ0n) is 9.18. The number of pyridine rings is 1. The lowest BCUT2D eigenvalue weighted by molar-refractivity contribution is 0.0341. The molecule has 82 valence electrons. The predicted molar refractivity (Wildman–Crippen MR) is 60.9 cm³/mol. The second-order valence-electron chi connectivity index (χ2n) is 4.06. The molecule has 0 spiro atoms. The molecule has 1 aliphatic heterocycles. The number of hydrogen-bond acceptors (Lipinski definition) is 4. The summed E-state index contributed by atoms with van der Waals surface area (Å²) in [7, 11) is 0. The van der Waals surface area contributed by atoms with Gasteiger partial charge in [-0.25, -0.2) is 4.98 Å². The Morgan fingerprint density at radius 2 is 2.33 bits per heavy atom. The van der Waals surface area contributed by atoms with Crippen LogP contribution in [0, 0.1) is 0 Å². The van der Waals surface area contributed by atoms with E-state index in [0.717, 1.165) is 24.7 Å². The van der Waals surface area contributed by atoms with E-state index in [-0.39, 0.29) is 6.10 Å². The topological polar surface area (TPSA) is 51.4 Å². The summed E-state index contributed by atoms with van der Waals surface area (Å²) in [5.74, 6) is 0.875. The van der Waals surface area contributed by atoms with Gasteiger partial charge in [-0.1, -0.05) is 0 Å². The molecule has 1 aromatic rings. The maximum Gasteiger partial charge on any atom is 0.152 e. The lowest BCUT2D eigenvalue weighted by atomic mass is 10.2. The Morgan fingerprint density at radius 3 is 3.07 bits per heavy atom. The van der Waals surface area contributed by atoms with Gasteiger partial charge >= 0.3 is 0 Å². The van der Waals surface area contributed by atoms with Crippen molar-refractivity contribution in [3.8, 4) is 0 Å². The largest absolute Gasteiger partial charge is 0.396 e. The molecule has 2 unspecified atom stereocenters. The fourth-order valence-corrected chi connectivity index (χ4v) is 1.85. The molecule has 0 saturated carbocycles. The summed E-state index contributed by atoms with van der Waals surface area (Å²) in [6.45, 7) is 5.78. The van der Waals surface area contributed by atoms with E-state index in [0.29, 0.717) is 6.04 Å². The second-order valence-corrected chi connectivity index (χ2v) is 4.06. The number of nitrogens with two attached hydrogens (primary N) is 1. The lowest BCUT2D eigenvalue weighted by Gasteiger charge is -2.38. The number of anilines is 2. The van der Waals surface area contributed by atoms with E-state index in [1.54, 1.807) is 6.20 Å². The van der Waals surface area contributed by atoms with Crippen LogP contribution in [0.5, 0.6) is 0 Å². The highest BCUT2D eigenvalue weighted by Crippen LogP contribution is 2.24. The molecule has 0 aromatic carbocycles. The predicted octanol–water partition coefficient (Wildman–Crippen LogP) is 1.28. The third-order valence-corrected chi connectivity index (χ3v) is 2.70. The van der Waals surface area contributed by atoms with Gasteiger partial charge in [-0.3, -0.25) is 0 Å². The molecule has 4 heteroatoms. The zero-order chi connectivity index (χ0) is 10.8. The van der Waals surface area contributed by atoms with Crippen LogP contribution in [0.3, 0.4) is 0 Å². The first-order valence-electron chi connectivity index (χ1n) is 5.27. The number of nitrogens with zero attached hydrogens (tertiary/aromatic N) is 2.